The van der Waals surface area contributed by atoms with Gasteiger partial charge in [-0.2, -0.15) is 0 Å². The number of fused-ring (bicyclic) bond motifs is 1. The average Bonchev–Trinajstić information content (AvgIpc) is 3.49. The second-order valence-corrected chi connectivity index (χ2v) is 15.0. The fourth-order valence-corrected chi connectivity index (χ4v) is 7.29. The van der Waals surface area contributed by atoms with Crippen LogP contribution in [0.15, 0.2) is 23.0 Å². The van der Waals surface area contributed by atoms with Crippen LogP contribution >= 0.6 is 0 Å². The molecule has 4 rings (SSSR count). The van der Waals surface area contributed by atoms with Crippen molar-refractivity contribution in [3.8, 4) is 5.75 Å². The number of ether oxygens (including phenoxy) is 2. The van der Waals surface area contributed by atoms with Crippen molar-refractivity contribution in [2.75, 3.05) is 13.7 Å². The molecule has 2 amide bonds. The van der Waals surface area contributed by atoms with Crippen LogP contribution in [0.3, 0.4) is 0 Å². The van der Waals surface area contributed by atoms with Gasteiger partial charge >= 0.3 is 6.09 Å². The number of carbonyl (C=O) groups is 3. The van der Waals surface area contributed by atoms with E-state index in [2.05, 4.69) is 29.1 Å². The molecule has 5 atom stereocenters. The van der Waals surface area contributed by atoms with Crippen LogP contribution in [0.5, 0.6) is 5.75 Å². The number of Topliss-reactive ketones (excluding diaryl/α,β-unsaturated/α-hetero) is 1. The molecule has 2 aromatic rings. The molecule has 1 saturated carbocycles. The van der Waals surface area contributed by atoms with E-state index in [1.54, 1.807) is 18.1 Å². The summed E-state index contributed by atoms with van der Waals surface area (Å²) >= 11 is 0. The van der Waals surface area contributed by atoms with Crippen LogP contribution in [0.4, 0.5) is 4.79 Å². The summed E-state index contributed by atoms with van der Waals surface area (Å²) in [6.45, 7) is 14.2. The molecule has 10 heteroatoms. The molecule has 1 aliphatic carbocycles. The van der Waals surface area contributed by atoms with Crippen LogP contribution in [0.2, 0.25) is 0 Å². The standard InChI is InChI=1S/C37H56N4O6/c1-9-19-37(22-25(37)14-12-11-13-15-28-33(43)39-29-21-26(46-8)16-17-27(29)38-28)47-35(45)40-32(36(5,6)7)34(44)41-20-18-24(10-2)30(41)31(42)23(3)4/h16-17,21,23-25,30,32H,9-15,18-20,22H2,1-8H3,(H,39,43)(H,40,45). The van der Waals surface area contributed by atoms with Gasteiger partial charge in [-0.25, -0.2) is 9.78 Å². The molecule has 1 aromatic carbocycles. The van der Waals surface area contributed by atoms with Crippen LogP contribution in [-0.2, 0) is 20.7 Å². The lowest BCUT2D eigenvalue weighted by atomic mass is 9.84. The summed E-state index contributed by atoms with van der Waals surface area (Å²) in [6.07, 6.45) is 7.82. The third kappa shape index (κ3) is 8.54. The van der Waals surface area contributed by atoms with Crippen LogP contribution in [-0.4, -0.2) is 64.0 Å². The van der Waals surface area contributed by atoms with Crippen molar-refractivity contribution in [2.45, 2.75) is 130 Å². The Labute approximate surface area is 279 Å². The maximum atomic E-state index is 14.0. The van der Waals surface area contributed by atoms with Crippen molar-refractivity contribution in [3.05, 3.63) is 34.2 Å². The first-order valence-electron chi connectivity index (χ1n) is 17.6. The van der Waals surface area contributed by atoms with E-state index in [0.29, 0.717) is 29.9 Å². The minimum Gasteiger partial charge on any atom is -0.497 e. The normalized spacial score (nSPS) is 23.2. The number of nitrogens with one attached hydrogen (secondary N) is 2. The molecule has 47 heavy (non-hydrogen) atoms. The van der Waals surface area contributed by atoms with Crippen LogP contribution in [0.25, 0.3) is 11.0 Å². The van der Waals surface area contributed by atoms with Gasteiger partial charge in [0.15, 0.2) is 5.78 Å². The fourth-order valence-electron chi connectivity index (χ4n) is 7.29. The number of alkyl carbamates (subject to hydrolysis) is 1. The molecule has 0 radical (unpaired) electrons. The Morgan fingerprint density at radius 3 is 2.53 bits per heavy atom. The maximum Gasteiger partial charge on any atom is 0.408 e. The van der Waals surface area contributed by atoms with Gasteiger partial charge in [0.05, 0.1) is 24.2 Å². The maximum absolute atomic E-state index is 14.0. The van der Waals surface area contributed by atoms with Gasteiger partial charge in [0.2, 0.25) is 5.91 Å². The van der Waals surface area contributed by atoms with E-state index in [1.807, 2.05) is 46.8 Å². The van der Waals surface area contributed by atoms with Crippen molar-refractivity contribution in [2.24, 2.45) is 23.2 Å². The molecule has 10 nitrogen and oxygen atoms in total. The highest BCUT2D eigenvalue weighted by atomic mass is 16.6. The number of carbonyl (C=O) groups excluding carboxylic acids is 3. The molecular formula is C37H56N4O6. The number of methoxy groups -OCH3 is 1. The molecule has 0 bridgehead atoms. The molecule has 1 saturated heterocycles. The Morgan fingerprint density at radius 2 is 1.89 bits per heavy atom. The molecule has 0 spiro atoms. The number of aromatic nitrogens is 2. The van der Waals surface area contributed by atoms with E-state index in [9.17, 15) is 19.2 Å². The minimum absolute atomic E-state index is 0.0852. The molecule has 2 aliphatic rings. The van der Waals surface area contributed by atoms with Crippen LogP contribution < -0.4 is 15.6 Å². The van der Waals surface area contributed by atoms with Crippen LogP contribution in [0.1, 0.15) is 112 Å². The zero-order valence-electron chi connectivity index (χ0n) is 29.7. The number of H-pyrrole nitrogens is 1. The van der Waals surface area contributed by atoms with E-state index in [-0.39, 0.29) is 35.0 Å². The Morgan fingerprint density at radius 1 is 1.15 bits per heavy atom. The molecule has 2 fully saturated rings. The molecule has 1 aromatic heterocycles. The van der Waals surface area contributed by atoms with Crippen molar-refractivity contribution in [1.29, 1.82) is 0 Å². The second-order valence-electron chi connectivity index (χ2n) is 15.0. The van der Waals surface area contributed by atoms with Gasteiger partial charge in [0, 0.05) is 24.4 Å². The van der Waals surface area contributed by atoms with Gasteiger partial charge in [-0.15, -0.1) is 0 Å². The predicted octanol–water partition coefficient (Wildman–Crippen LogP) is 6.59. The highest BCUT2D eigenvalue weighted by Crippen LogP contribution is 2.53. The number of hydrogen-bond acceptors (Lipinski definition) is 7. The first kappa shape index (κ1) is 36.4. The number of amides is 2. The number of benzene rings is 1. The Kier molecular flexibility index (Phi) is 11.8. The van der Waals surface area contributed by atoms with Gasteiger partial charge in [-0.05, 0) is 62.0 Å². The summed E-state index contributed by atoms with van der Waals surface area (Å²) in [6, 6.07) is 4.20. The molecule has 260 valence electrons. The Bertz CT molecular complexity index is 1480. The van der Waals surface area contributed by atoms with Gasteiger partial charge in [0.25, 0.3) is 5.56 Å². The van der Waals surface area contributed by atoms with E-state index < -0.39 is 29.2 Å². The van der Waals surface area contributed by atoms with E-state index >= 15 is 0 Å². The Balaban J connectivity index is 1.31. The summed E-state index contributed by atoms with van der Waals surface area (Å²) in [7, 11) is 1.59. The zero-order valence-corrected chi connectivity index (χ0v) is 29.7. The molecule has 2 N–H and O–H groups in total. The Hall–Kier alpha value is -3.43. The number of unbranched alkanes of at least 4 members (excludes halogenated alkanes) is 2. The summed E-state index contributed by atoms with van der Waals surface area (Å²) in [4.78, 5) is 62.4. The van der Waals surface area contributed by atoms with E-state index in [4.69, 9.17) is 9.47 Å². The van der Waals surface area contributed by atoms with Gasteiger partial charge in [0.1, 0.15) is 23.1 Å². The summed E-state index contributed by atoms with van der Waals surface area (Å²) in [5.74, 6) is 0.785. The number of aromatic amines is 1. The van der Waals surface area contributed by atoms with Crippen molar-refractivity contribution in [1.82, 2.24) is 20.2 Å². The second kappa shape index (κ2) is 15.2. The summed E-state index contributed by atoms with van der Waals surface area (Å²) < 4.78 is 11.4. The van der Waals surface area contributed by atoms with E-state index in [1.165, 1.54) is 0 Å². The topological polar surface area (TPSA) is 131 Å². The number of nitrogens with zero attached hydrogens (tertiary/aromatic N) is 2. The SMILES string of the molecule is CCCC1(OC(=O)NC(C(=O)N2CCC(CC)C2C(=O)C(C)C)C(C)(C)C)CC1CCCCCc1nc2ccc(OC)cc2[nH]c1=O. The lowest BCUT2D eigenvalue weighted by Gasteiger charge is -2.36. The minimum atomic E-state index is -0.808. The quantitative estimate of drug-likeness (QED) is 0.208. The van der Waals surface area contributed by atoms with Gasteiger partial charge in [-0.1, -0.05) is 74.1 Å². The first-order chi connectivity index (χ1) is 22.2. The van der Waals surface area contributed by atoms with E-state index in [0.717, 1.165) is 63.3 Å². The van der Waals surface area contributed by atoms with Crippen molar-refractivity contribution in [3.63, 3.8) is 0 Å². The van der Waals surface area contributed by atoms with Crippen molar-refractivity contribution < 1.29 is 23.9 Å². The number of ketones is 1. The predicted molar refractivity (Wildman–Crippen MR) is 183 cm³/mol. The zero-order chi connectivity index (χ0) is 34.5. The third-order valence-corrected chi connectivity index (χ3v) is 10.1. The van der Waals surface area contributed by atoms with Gasteiger partial charge in [-0.3, -0.25) is 14.4 Å². The van der Waals surface area contributed by atoms with Crippen molar-refractivity contribution >= 4 is 28.8 Å². The number of likely N-dealkylation sites (tertiary alicyclic amines) is 1. The highest BCUT2D eigenvalue weighted by molar-refractivity contribution is 5.94. The molecule has 1 aliphatic heterocycles. The number of rotatable bonds is 15. The summed E-state index contributed by atoms with van der Waals surface area (Å²) in [5.41, 5.74) is 0.686. The first-order valence-corrected chi connectivity index (χ1v) is 17.6. The molecule has 2 heterocycles. The molecular weight excluding hydrogens is 596 g/mol. The number of hydrogen-bond donors (Lipinski definition) is 2. The number of aryl methyl sites for hydroxylation is 1. The highest BCUT2D eigenvalue weighted by Gasteiger charge is 2.56. The smallest absolute Gasteiger partial charge is 0.408 e. The van der Waals surface area contributed by atoms with Gasteiger partial charge < -0.3 is 24.7 Å². The summed E-state index contributed by atoms with van der Waals surface area (Å²) in [5, 5.41) is 2.94. The lowest BCUT2D eigenvalue weighted by Crippen LogP contribution is -2.58. The van der Waals surface area contributed by atoms with Crippen LogP contribution in [0, 0.1) is 23.2 Å². The lowest BCUT2D eigenvalue weighted by molar-refractivity contribution is -0.143. The third-order valence-electron chi connectivity index (χ3n) is 10.1. The largest absolute Gasteiger partial charge is 0.497 e. The molecule has 5 unspecified atom stereocenters. The average molecular weight is 653 g/mol. The monoisotopic (exact) mass is 652 g/mol. The fraction of sp³-hybridized carbons (Fsp3) is 0.703.